The average molecular weight is 359 g/mol. The number of ether oxygens (including phenoxy) is 3. The van der Waals surface area contributed by atoms with Crippen LogP contribution in [0.4, 0.5) is 5.95 Å². The zero-order chi connectivity index (χ0) is 17.7. The molecule has 0 bridgehead atoms. The highest BCUT2D eigenvalue weighted by Gasteiger charge is 2.33. The van der Waals surface area contributed by atoms with Crippen molar-refractivity contribution >= 4 is 23.5 Å². The fourth-order valence-electron chi connectivity index (χ4n) is 2.48. The first-order chi connectivity index (χ1) is 11.4. The molecule has 1 aliphatic heterocycles. The first-order valence-electron chi connectivity index (χ1n) is 7.91. The molecular weight excluding hydrogens is 336 g/mol. The van der Waals surface area contributed by atoms with Crippen LogP contribution >= 0.6 is 11.6 Å². The van der Waals surface area contributed by atoms with Crippen LogP contribution in [0.5, 0.6) is 6.01 Å². The molecule has 0 radical (unpaired) electrons. The summed E-state index contributed by atoms with van der Waals surface area (Å²) in [5, 5.41) is 0.0163. The molecule has 1 aromatic heterocycles. The van der Waals surface area contributed by atoms with Gasteiger partial charge in [-0.05, 0) is 45.2 Å². The van der Waals surface area contributed by atoms with E-state index < -0.39 is 11.6 Å². The summed E-state index contributed by atoms with van der Waals surface area (Å²) in [6.07, 6.45) is 2.04. The molecule has 2 rings (SSSR count). The van der Waals surface area contributed by atoms with E-state index in [9.17, 15) is 4.79 Å². The van der Waals surface area contributed by atoms with Crippen molar-refractivity contribution in [2.45, 2.75) is 45.3 Å². The van der Waals surface area contributed by atoms with Gasteiger partial charge in [-0.15, -0.1) is 0 Å². The molecule has 2 heterocycles. The van der Waals surface area contributed by atoms with Crippen LogP contribution in [0, 0.1) is 0 Å². The van der Waals surface area contributed by atoms with E-state index in [0.717, 1.165) is 25.9 Å². The second-order valence-electron chi connectivity index (χ2n) is 5.93. The van der Waals surface area contributed by atoms with Gasteiger partial charge in [-0.3, -0.25) is 0 Å². The Hall–Kier alpha value is -1.67. The number of carbonyl (C=O) groups excluding carboxylic acids is 1. The number of carbonyl (C=O) groups is 1. The summed E-state index contributed by atoms with van der Waals surface area (Å²) >= 11 is 5.98. The second-order valence-corrected chi connectivity index (χ2v) is 6.27. The third-order valence-electron chi connectivity index (χ3n) is 3.73. The van der Waals surface area contributed by atoms with Gasteiger partial charge >= 0.3 is 12.0 Å². The van der Waals surface area contributed by atoms with Crippen molar-refractivity contribution < 1.29 is 19.0 Å². The minimum Gasteiger partial charge on any atom is -0.466 e. The maximum atomic E-state index is 11.7. The lowest BCUT2D eigenvalue weighted by Gasteiger charge is -2.32. The maximum absolute atomic E-state index is 11.7. The Balaban J connectivity index is 2.10. The van der Waals surface area contributed by atoms with Crippen LogP contribution in [0.3, 0.4) is 0 Å². The van der Waals surface area contributed by atoms with Crippen LogP contribution in [0.2, 0.25) is 5.28 Å². The molecule has 1 aromatic rings. The Kier molecular flexibility index (Phi) is 6.17. The monoisotopic (exact) mass is 358 g/mol. The molecule has 0 spiro atoms. The van der Waals surface area contributed by atoms with E-state index in [4.69, 9.17) is 25.8 Å². The Morgan fingerprint density at radius 3 is 2.54 bits per heavy atom. The summed E-state index contributed by atoms with van der Waals surface area (Å²) in [7, 11) is 1.29. The van der Waals surface area contributed by atoms with Crippen molar-refractivity contribution in [1.82, 2.24) is 15.0 Å². The number of hydrogen-bond acceptors (Lipinski definition) is 8. The highest BCUT2D eigenvalue weighted by atomic mass is 35.5. The second kappa shape index (κ2) is 7.94. The first-order valence-corrected chi connectivity index (χ1v) is 8.29. The van der Waals surface area contributed by atoms with E-state index >= 15 is 0 Å². The fourth-order valence-corrected chi connectivity index (χ4v) is 2.63. The summed E-state index contributed by atoms with van der Waals surface area (Å²) in [6.45, 7) is 7.36. The lowest BCUT2D eigenvalue weighted by atomic mass is 10.1. The van der Waals surface area contributed by atoms with Gasteiger partial charge in [-0.1, -0.05) is 0 Å². The number of rotatable bonds is 6. The SMILES string of the molecule is CCOC1CCN(c2nc(Cl)nc(OC(C)(C)C(=O)OC)n2)CC1. The standard InChI is InChI=1S/C15H23ClN4O4/c1-5-23-10-6-8-20(9-7-10)13-17-12(16)18-14(19-13)24-15(2,3)11(21)22-4/h10H,5-9H2,1-4H3. The minimum absolute atomic E-state index is 0.00710. The molecule has 0 N–H and O–H groups in total. The number of methoxy groups -OCH3 is 1. The van der Waals surface area contributed by atoms with Gasteiger partial charge in [0.1, 0.15) is 0 Å². The van der Waals surface area contributed by atoms with Crippen molar-refractivity contribution in [3.63, 3.8) is 0 Å². The summed E-state index contributed by atoms with van der Waals surface area (Å²) in [4.78, 5) is 26.1. The quantitative estimate of drug-likeness (QED) is 0.712. The van der Waals surface area contributed by atoms with Crippen molar-refractivity contribution in [2.75, 3.05) is 31.7 Å². The number of nitrogens with zero attached hydrogens (tertiary/aromatic N) is 4. The van der Waals surface area contributed by atoms with E-state index in [1.807, 2.05) is 11.8 Å². The van der Waals surface area contributed by atoms with Crippen molar-refractivity contribution in [3.05, 3.63) is 5.28 Å². The van der Waals surface area contributed by atoms with E-state index in [2.05, 4.69) is 15.0 Å². The summed E-state index contributed by atoms with van der Waals surface area (Å²) in [5.74, 6) is -0.0984. The molecule has 24 heavy (non-hydrogen) atoms. The van der Waals surface area contributed by atoms with Gasteiger partial charge in [0.15, 0.2) is 0 Å². The van der Waals surface area contributed by atoms with Gasteiger partial charge in [0.25, 0.3) is 0 Å². The molecule has 0 atom stereocenters. The molecule has 0 aromatic carbocycles. The van der Waals surface area contributed by atoms with Gasteiger partial charge in [-0.2, -0.15) is 15.0 Å². The predicted octanol–water partition coefficient (Wildman–Crippen LogP) is 1.86. The van der Waals surface area contributed by atoms with Crippen LogP contribution in [0.1, 0.15) is 33.6 Å². The first kappa shape index (κ1) is 18.7. The molecule has 1 saturated heterocycles. The largest absolute Gasteiger partial charge is 0.466 e. The predicted molar refractivity (Wildman–Crippen MR) is 88.4 cm³/mol. The smallest absolute Gasteiger partial charge is 0.349 e. The molecule has 134 valence electrons. The summed E-state index contributed by atoms with van der Waals surface area (Å²) in [5.41, 5.74) is -1.22. The molecule has 0 unspecified atom stereocenters. The normalized spacial score (nSPS) is 16.1. The van der Waals surface area contributed by atoms with E-state index in [-0.39, 0.29) is 17.4 Å². The molecule has 0 aliphatic carbocycles. The van der Waals surface area contributed by atoms with Crippen LogP contribution in [0.25, 0.3) is 0 Å². The zero-order valence-electron chi connectivity index (χ0n) is 14.4. The fraction of sp³-hybridized carbons (Fsp3) is 0.733. The average Bonchev–Trinajstić information content (AvgIpc) is 2.54. The summed E-state index contributed by atoms with van der Waals surface area (Å²) in [6, 6.07) is -0.00710. The third kappa shape index (κ3) is 4.67. The number of aromatic nitrogens is 3. The van der Waals surface area contributed by atoms with Gasteiger partial charge in [-0.25, -0.2) is 4.79 Å². The van der Waals surface area contributed by atoms with Crippen molar-refractivity contribution in [2.24, 2.45) is 0 Å². The van der Waals surface area contributed by atoms with Crippen LogP contribution in [-0.4, -0.2) is 59.4 Å². The van der Waals surface area contributed by atoms with E-state index in [1.54, 1.807) is 13.8 Å². The number of halogens is 1. The van der Waals surface area contributed by atoms with Gasteiger partial charge in [0.05, 0.1) is 13.2 Å². The Morgan fingerprint density at radius 2 is 1.96 bits per heavy atom. The molecule has 9 heteroatoms. The lowest BCUT2D eigenvalue weighted by Crippen LogP contribution is -2.40. The highest BCUT2D eigenvalue weighted by Crippen LogP contribution is 2.23. The molecule has 1 aliphatic rings. The molecular formula is C15H23ClN4O4. The third-order valence-corrected chi connectivity index (χ3v) is 3.90. The van der Waals surface area contributed by atoms with E-state index in [1.165, 1.54) is 7.11 Å². The Morgan fingerprint density at radius 1 is 1.29 bits per heavy atom. The zero-order valence-corrected chi connectivity index (χ0v) is 15.2. The highest BCUT2D eigenvalue weighted by molar-refractivity contribution is 6.28. The van der Waals surface area contributed by atoms with Gasteiger partial charge in [0.2, 0.25) is 16.8 Å². The van der Waals surface area contributed by atoms with Crippen molar-refractivity contribution in [3.8, 4) is 6.01 Å². The Bertz CT molecular complexity index is 577. The van der Waals surface area contributed by atoms with Gasteiger partial charge in [0, 0.05) is 19.7 Å². The van der Waals surface area contributed by atoms with Gasteiger partial charge < -0.3 is 19.1 Å². The van der Waals surface area contributed by atoms with Crippen molar-refractivity contribution in [1.29, 1.82) is 0 Å². The van der Waals surface area contributed by atoms with Crippen LogP contribution in [-0.2, 0) is 14.3 Å². The van der Waals surface area contributed by atoms with Crippen LogP contribution in [0.15, 0.2) is 0 Å². The summed E-state index contributed by atoms with van der Waals surface area (Å²) < 4.78 is 15.9. The molecule has 1 fully saturated rings. The number of anilines is 1. The minimum atomic E-state index is -1.22. The topological polar surface area (TPSA) is 86.7 Å². The van der Waals surface area contributed by atoms with Crippen LogP contribution < -0.4 is 9.64 Å². The Labute approximate surface area is 146 Å². The molecule has 0 saturated carbocycles. The molecule has 8 nitrogen and oxygen atoms in total. The van der Waals surface area contributed by atoms with E-state index in [0.29, 0.717) is 12.6 Å². The lowest BCUT2D eigenvalue weighted by molar-refractivity contribution is -0.156. The number of piperidine rings is 1. The maximum Gasteiger partial charge on any atom is 0.349 e. The number of hydrogen-bond donors (Lipinski definition) is 0. The molecule has 0 amide bonds. The number of esters is 1.